The third-order valence-electron chi connectivity index (χ3n) is 6.03. The normalized spacial score (nSPS) is 15.5. The van der Waals surface area contributed by atoms with E-state index in [1.54, 1.807) is 4.90 Å². The van der Waals surface area contributed by atoms with E-state index in [0.717, 1.165) is 32.8 Å². The summed E-state index contributed by atoms with van der Waals surface area (Å²) in [5.41, 5.74) is -0.507. The van der Waals surface area contributed by atoms with Gasteiger partial charge in [-0.25, -0.2) is 13.2 Å². The molecule has 14 heteroatoms. The fourth-order valence-corrected chi connectivity index (χ4v) is 5.32. The lowest BCUT2D eigenvalue weighted by Gasteiger charge is -2.33. The molecule has 2 amide bonds. The van der Waals surface area contributed by atoms with Crippen molar-refractivity contribution in [2.24, 2.45) is 5.92 Å². The van der Waals surface area contributed by atoms with Gasteiger partial charge in [0.2, 0.25) is 15.8 Å². The summed E-state index contributed by atoms with van der Waals surface area (Å²) in [6, 6.07) is 0.0446. The number of nitrogens with one attached hydrogen (secondary N) is 2. The van der Waals surface area contributed by atoms with Gasteiger partial charge in [0.05, 0.1) is 25.5 Å². The highest BCUT2D eigenvalue weighted by molar-refractivity contribution is 7.89. The highest BCUT2D eigenvalue weighted by atomic mass is 32.2. The number of hydrogen-bond acceptors (Lipinski definition) is 10. The molecular weight excluding hydrogens is 532 g/mol. The molecule has 0 spiro atoms. The molecule has 0 aromatic carbocycles. The summed E-state index contributed by atoms with van der Waals surface area (Å²) >= 11 is 0. The molecule has 1 aliphatic heterocycles. The molecular formula is C25H42N4O9S. The number of unbranched alkanes of at least 4 members (excludes halogenated alkanes) is 1. The number of nitrogens with zero attached hydrogens (tertiary/aromatic N) is 2. The van der Waals surface area contributed by atoms with Crippen molar-refractivity contribution in [1.82, 2.24) is 20.1 Å². The van der Waals surface area contributed by atoms with Gasteiger partial charge >= 0.3 is 12.1 Å². The van der Waals surface area contributed by atoms with Crippen molar-refractivity contribution in [3.8, 4) is 5.88 Å². The largest absolute Gasteiger partial charge is 0.475 e. The fourth-order valence-electron chi connectivity index (χ4n) is 3.92. The van der Waals surface area contributed by atoms with Gasteiger partial charge in [-0.1, -0.05) is 13.3 Å². The lowest BCUT2D eigenvalue weighted by molar-refractivity contribution is -0.142. The number of carbonyl (C=O) groups excluding carboxylic acids is 3. The fraction of sp³-hybridized carbons (Fsp3) is 0.760. The summed E-state index contributed by atoms with van der Waals surface area (Å²) in [5.74, 6) is -1.17. The first-order chi connectivity index (χ1) is 18.3. The highest BCUT2D eigenvalue weighted by Gasteiger charge is 2.28. The zero-order valence-electron chi connectivity index (χ0n) is 23.5. The van der Waals surface area contributed by atoms with Crippen LogP contribution in [0.4, 0.5) is 4.79 Å². The minimum absolute atomic E-state index is 0.140. The smallest absolute Gasteiger partial charge is 0.410 e. The van der Waals surface area contributed by atoms with Crippen LogP contribution in [0.2, 0.25) is 0 Å². The summed E-state index contributed by atoms with van der Waals surface area (Å²) in [6.07, 6.45) is 4.32. The van der Waals surface area contributed by atoms with Crippen LogP contribution in [-0.4, -0.2) is 87.2 Å². The Labute approximate surface area is 230 Å². The van der Waals surface area contributed by atoms with E-state index in [1.165, 1.54) is 6.07 Å². The average molecular weight is 575 g/mol. The van der Waals surface area contributed by atoms with E-state index >= 15 is 0 Å². The Morgan fingerprint density at radius 2 is 1.90 bits per heavy atom. The predicted octanol–water partition coefficient (Wildman–Crippen LogP) is 2.47. The van der Waals surface area contributed by atoms with Crippen LogP contribution in [0, 0.1) is 5.92 Å². The quantitative estimate of drug-likeness (QED) is 0.249. The summed E-state index contributed by atoms with van der Waals surface area (Å²) < 4.78 is 47.2. The Bertz CT molecular complexity index is 1040. The van der Waals surface area contributed by atoms with Gasteiger partial charge < -0.3 is 29.0 Å². The molecule has 0 unspecified atom stereocenters. The molecule has 2 N–H and O–H groups in total. The molecule has 1 saturated heterocycles. The maximum absolute atomic E-state index is 12.4. The van der Waals surface area contributed by atoms with Gasteiger partial charge in [0.25, 0.3) is 11.8 Å². The summed E-state index contributed by atoms with van der Waals surface area (Å²) in [7, 11) is -2.59. The Morgan fingerprint density at radius 3 is 2.51 bits per heavy atom. The number of rotatable bonds is 14. The standard InChI is InChI=1S/C25H42N4O9S/c1-6-7-15-39(33,34)28-19(23(31)35-5)17-26-22(30)20-16-21(27-38-20)36-14-8-9-18-10-12-29(13-11-18)24(32)37-25(2,3)4/h16,18-19,28H,6-15,17H2,1-5H3,(H,26,30)/t19-/m0/s1. The molecule has 2 heterocycles. The summed E-state index contributed by atoms with van der Waals surface area (Å²) in [6.45, 7) is 8.78. The first kappa shape index (κ1) is 32.3. The zero-order chi connectivity index (χ0) is 29.1. The number of esters is 1. The Morgan fingerprint density at radius 1 is 1.21 bits per heavy atom. The number of sulfonamides is 1. The second kappa shape index (κ2) is 15.1. The van der Waals surface area contributed by atoms with Gasteiger partial charge in [0.1, 0.15) is 11.6 Å². The maximum Gasteiger partial charge on any atom is 0.410 e. The molecule has 0 aliphatic carbocycles. The van der Waals surface area contributed by atoms with Gasteiger partial charge in [-0.2, -0.15) is 4.72 Å². The zero-order valence-corrected chi connectivity index (χ0v) is 24.3. The molecule has 1 aromatic heterocycles. The lowest BCUT2D eigenvalue weighted by Crippen LogP contribution is -2.49. The van der Waals surface area contributed by atoms with Gasteiger partial charge in [-0.05, 0) is 63.9 Å². The Balaban J connectivity index is 1.73. The molecule has 0 bridgehead atoms. The number of methoxy groups -OCH3 is 1. The molecule has 1 fully saturated rings. The first-order valence-electron chi connectivity index (χ1n) is 13.3. The van der Waals surface area contributed by atoms with Crippen LogP contribution in [0.15, 0.2) is 10.6 Å². The van der Waals surface area contributed by atoms with E-state index < -0.39 is 33.5 Å². The molecule has 1 aliphatic rings. The van der Waals surface area contributed by atoms with Crippen molar-refractivity contribution in [2.75, 3.05) is 39.1 Å². The number of ether oxygens (including phenoxy) is 3. The molecule has 1 aromatic rings. The third kappa shape index (κ3) is 11.8. The van der Waals surface area contributed by atoms with E-state index in [2.05, 4.69) is 19.9 Å². The van der Waals surface area contributed by atoms with Crippen molar-refractivity contribution in [1.29, 1.82) is 0 Å². The SMILES string of the molecule is CCCCS(=O)(=O)N[C@@H](CNC(=O)c1cc(OCCCC2CCN(C(=O)OC(C)(C)C)CC2)no1)C(=O)OC. The van der Waals surface area contributed by atoms with Crippen LogP contribution in [0.5, 0.6) is 5.88 Å². The van der Waals surface area contributed by atoms with Crippen LogP contribution in [0.25, 0.3) is 0 Å². The van der Waals surface area contributed by atoms with E-state index in [1.807, 2.05) is 27.7 Å². The van der Waals surface area contributed by atoms with Gasteiger partial charge in [-0.3, -0.25) is 9.59 Å². The van der Waals surface area contributed by atoms with Gasteiger partial charge in [0, 0.05) is 19.6 Å². The van der Waals surface area contributed by atoms with E-state index in [4.69, 9.17) is 14.0 Å². The average Bonchev–Trinajstić information content (AvgIpc) is 3.35. The molecule has 0 saturated carbocycles. The van der Waals surface area contributed by atoms with E-state index in [9.17, 15) is 22.8 Å². The van der Waals surface area contributed by atoms with E-state index in [-0.39, 0.29) is 30.0 Å². The number of carbonyl (C=O) groups is 3. The number of likely N-dealkylation sites (tertiary alicyclic amines) is 1. The molecule has 39 heavy (non-hydrogen) atoms. The van der Waals surface area contributed by atoms with Crippen LogP contribution in [0.3, 0.4) is 0 Å². The van der Waals surface area contributed by atoms with Crippen molar-refractivity contribution < 1.29 is 41.5 Å². The van der Waals surface area contributed by atoms with E-state index in [0.29, 0.717) is 38.5 Å². The van der Waals surface area contributed by atoms with Crippen molar-refractivity contribution in [3.05, 3.63) is 11.8 Å². The Hall–Kier alpha value is -2.87. The maximum atomic E-state index is 12.4. The number of piperidine rings is 1. The minimum atomic E-state index is -3.72. The third-order valence-corrected chi connectivity index (χ3v) is 7.50. The first-order valence-corrected chi connectivity index (χ1v) is 14.9. The molecule has 222 valence electrons. The molecule has 1 atom stereocenters. The number of hydrogen-bond donors (Lipinski definition) is 2. The minimum Gasteiger partial charge on any atom is -0.475 e. The van der Waals surface area contributed by atoms with Crippen LogP contribution in [0.1, 0.15) is 76.8 Å². The predicted molar refractivity (Wildman–Crippen MR) is 142 cm³/mol. The van der Waals surface area contributed by atoms with Gasteiger partial charge in [0.15, 0.2) is 0 Å². The van der Waals surface area contributed by atoms with Crippen LogP contribution < -0.4 is 14.8 Å². The highest BCUT2D eigenvalue weighted by Crippen LogP contribution is 2.23. The second-order valence-electron chi connectivity index (χ2n) is 10.5. The summed E-state index contributed by atoms with van der Waals surface area (Å²) in [5, 5.41) is 6.18. The van der Waals surface area contributed by atoms with Gasteiger partial charge in [-0.15, -0.1) is 0 Å². The van der Waals surface area contributed by atoms with Crippen molar-refractivity contribution in [3.63, 3.8) is 0 Å². The monoisotopic (exact) mass is 574 g/mol. The molecule has 0 radical (unpaired) electrons. The lowest BCUT2D eigenvalue weighted by atomic mass is 9.92. The summed E-state index contributed by atoms with van der Waals surface area (Å²) in [4.78, 5) is 38.4. The second-order valence-corrected chi connectivity index (χ2v) is 12.4. The molecule has 13 nitrogen and oxygen atoms in total. The molecule has 2 rings (SSSR count). The number of amides is 2. The van der Waals surface area contributed by atoms with Crippen LogP contribution >= 0.6 is 0 Å². The topological polar surface area (TPSA) is 166 Å². The van der Waals surface area contributed by atoms with Crippen molar-refractivity contribution >= 4 is 28.0 Å². The Kier molecular flexibility index (Phi) is 12.5. The number of aromatic nitrogens is 1. The van der Waals surface area contributed by atoms with Crippen LogP contribution in [-0.2, 0) is 24.3 Å². The van der Waals surface area contributed by atoms with Crippen molar-refractivity contribution in [2.45, 2.75) is 77.9 Å².